The van der Waals surface area contributed by atoms with Crippen LogP contribution >= 0.6 is 0 Å². The SMILES string of the molecule is C/C=C(\C)CC1CCN(C(=O)C(NS(=O)(=O)c2ccc3[nH]c(=O)ccc3c2)c2ccccc2)CC1. The van der Waals surface area contributed by atoms with E-state index in [0.717, 1.165) is 19.3 Å². The Morgan fingerprint density at radius 1 is 1.11 bits per heavy atom. The zero-order chi connectivity index (χ0) is 25.0. The van der Waals surface area contributed by atoms with Crippen LogP contribution in [0.3, 0.4) is 0 Å². The number of fused-ring (bicyclic) bond motifs is 1. The molecule has 1 aromatic heterocycles. The molecule has 1 fully saturated rings. The Bertz CT molecular complexity index is 1390. The van der Waals surface area contributed by atoms with Crippen LogP contribution in [0, 0.1) is 5.92 Å². The van der Waals surface area contributed by atoms with Gasteiger partial charge in [-0.1, -0.05) is 42.0 Å². The third-order valence-electron chi connectivity index (χ3n) is 6.69. The number of pyridine rings is 1. The molecule has 1 aliphatic heterocycles. The van der Waals surface area contributed by atoms with E-state index in [0.29, 0.717) is 35.5 Å². The van der Waals surface area contributed by atoms with Crippen LogP contribution in [-0.4, -0.2) is 37.3 Å². The Morgan fingerprint density at radius 2 is 1.83 bits per heavy atom. The van der Waals surface area contributed by atoms with Crippen molar-refractivity contribution >= 4 is 26.8 Å². The van der Waals surface area contributed by atoms with Gasteiger partial charge < -0.3 is 9.88 Å². The summed E-state index contributed by atoms with van der Waals surface area (Å²) in [5.41, 5.74) is 2.23. The van der Waals surface area contributed by atoms with Crippen LogP contribution in [0.15, 0.2) is 82.0 Å². The van der Waals surface area contributed by atoms with Crippen molar-refractivity contribution in [2.24, 2.45) is 5.92 Å². The van der Waals surface area contributed by atoms with Gasteiger partial charge >= 0.3 is 0 Å². The summed E-state index contributed by atoms with van der Waals surface area (Å²) >= 11 is 0. The molecular formula is C27H31N3O4S. The average Bonchev–Trinajstić information content (AvgIpc) is 2.87. The average molecular weight is 494 g/mol. The fraction of sp³-hybridized carbons (Fsp3) is 0.333. The monoisotopic (exact) mass is 493 g/mol. The highest BCUT2D eigenvalue weighted by Gasteiger charge is 2.32. The highest BCUT2D eigenvalue weighted by Crippen LogP contribution is 2.27. The van der Waals surface area contributed by atoms with Crippen LogP contribution < -0.4 is 10.3 Å². The number of likely N-dealkylation sites (tertiary alicyclic amines) is 1. The number of nitrogens with one attached hydrogen (secondary N) is 2. The van der Waals surface area contributed by atoms with E-state index in [1.54, 1.807) is 41.3 Å². The number of hydrogen-bond donors (Lipinski definition) is 2. The normalized spacial score (nSPS) is 16.4. The van der Waals surface area contributed by atoms with E-state index in [1.807, 2.05) is 13.0 Å². The summed E-state index contributed by atoms with van der Waals surface area (Å²) in [6.07, 6.45) is 4.95. The standard InChI is InChI=1S/C27H31N3O4S/c1-3-19(2)17-20-13-15-30(16-14-20)27(32)26(21-7-5-4-6-8-21)29-35(33,34)23-10-11-24-22(18-23)9-12-25(31)28-24/h3-12,18,20,26,29H,13-17H2,1-2H3,(H,28,31)/b19-3+. The van der Waals surface area contributed by atoms with Gasteiger partial charge in [0, 0.05) is 24.7 Å². The number of H-pyrrole nitrogens is 1. The van der Waals surface area contributed by atoms with E-state index in [9.17, 15) is 18.0 Å². The van der Waals surface area contributed by atoms with Crippen LogP contribution in [0.5, 0.6) is 0 Å². The van der Waals surface area contributed by atoms with Crippen LogP contribution in [-0.2, 0) is 14.8 Å². The van der Waals surface area contributed by atoms with Crippen molar-refractivity contribution < 1.29 is 13.2 Å². The van der Waals surface area contributed by atoms with Crippen LogP contribution in [0.2, 0.25) is 0 Å². The number of sulfonamides is 1. The molecule has 7 nitrogen and oxygen atoms in total. The first kappa shape index (κ1) is 24.9. The quantitative estimate of drug-likeness (QED) is 0.483. The maximum absolute atomic E-state index is 13.6. The van der Waals surface area contributed by atoms with E-state index >= 15 is 0 Å². The lowest BCUT2D eigenvalue weighted by Crippen LogP contribution is -2.46. The molecular weight excluding hydrogens is 462 g/mol. The third kappa shape index (κ3) is 5.89. The maximum atomic E-state index is 13.6. The number of carbonyl (C=O) groups excluding carboxylic acids is 1. The number of nitrogens with zero attached hydrogens (tertiary/aromatic N) is 1. The summed E-state index contributed by atoms with van der Waals surface area (Å²) in [5, 5.41) is 0.591. The van der Waals surface area contributed by atoms with Crippen molar-refractivity contribution in [3.63, 3.8) is 0 Å². The predicted octanol–water partition coefficient (Wildman–Crippen LogP) is 4.14. The molecule has 4 rings (SSSR count). The molecule has 2 N–H and O–H groups in total. The number of benzene rings is 2. The predicted molar refractivity (Wildman–Crippen MR) is 137 cm³/mol. The number of allylic oxidation sites excluding steroid dienone is 2. The molecule has 1 atom stereocenters. The molecule has 2 aromatic carbocycles. The molecule has 1 saturated heterocycles. The zero-order valence-electron chi connectivity index (χ0n) is 20.0. The van der Waals surface area contributed by atoms with Gasteiger partial charge in [-0.15, -0.1) is 0 Å². The third-order valence-corrected chi connectivity index (χ3v) is 8.11. The number of carbonyl (C=O) groups is 1. The number of aromatic amines is 1. The Hall–Kier alpha value is -3.23. The summed E-state index contributed by atoms with van der Waals surface area (Å²) in [6, 6.07) is 15.3. The van der Waals surface area contributed by atoms with Crippen molar-refractivity contribution in [2.45, 2.75) is 44.0 Å². The Morgan fingerprint density at radius 3 is 2.51 bits per heavy atom. The minimum Gasteiger partial charge on any atom is -0.341 e. The van der Waals surface area contributed by atoms with Gasteiger partial charge in [0.05, 0.1) is 4.90 Å². The van der Waals surface area contributed by atoms with Gasteiger partial charge in [-0.25, -0.2) is 8.42 Å². The van der Waals surface area contributed by atoms with Gasteiger partial charge in [0.2, 0.25) is 21.5 Å². The number of piperidine rings is 1. The van der Waals surface area contributed by atoms with Crippen molar-refractivity contribution in [2.75, 3.05) is 13.1 Å². The van der Waals surface area contributed by atoms with Crippen molar-refractivity contribution in [3.05, 3.63) is 88.2 Å². The summed E-state index contributed by atoms with van der Waals surface area (Å²) < 4.78 is 29.4. The highest BCUT2D eigenvalue weighted by atomic mass is 32.2. The van der Waals surface area contributed by atoms with E-state index in [4.69, 9.17) is 0 Å². The van der Waals surface area contributed by atoms with Gasteiger partial charge in [0.15, 0.2) is 0 Å². The van der Waals surface area contributed by atoms with Crippen molar-refractivity contribution in [1.29, 1.82) is 0 Å². The lowest BCUT2D eigenvalue weighted by Gasteiger charge is -2.34. The van der Waals surface area contributed by atoms with Crippen LogP contribution in [0.4, 0.5) is 0 Å². The molecule has 1 unspecified atom stereocenters. The van der Waals surface area contributed by atoms with Gasteiger partial charge in [0.1, 0.15) is 6.04 Å². The Kier molecular flexibility index (Phi) is 7.52. The molecule has 1 aliphatic rings. The minimum atomic E-state index is -4.02. The topological polar surface area (TPSA) is 99.3 Å². The number of aromatic nitrogens is 1. The fourth-order valence-electron chi connectivity index (χ4n) is 4.54. The highest BCUT2D eigenvalue weighted by molar-refractivity contribution is 7.89. The molecule has 0 spiro atoms. The second kappa shape index (κ2) is 10.6. The lowest BCUT2D eigenvalue weighted by atomic mass is 9.90. The maximum Gasteiger partial charge on any atom is 0.248 e. The van der Waals surface area contributed by atoms with Gasteiger partial charge in [-0.05, 0) is 74.2 Å². The molecule has 35 heavy (non-hydrogen) atoms. The second-order valence-electron chi connectivity index (χ2n) is 9.14. The molecule has 8 heteroatoms. The molecule has 3 aromatic rings. The van der Waals surface area contributed by atoms with Crippen LogP contribution in [0.25, 0.3) is 10.9 Å². The first-order valence-corrected chi connectivity index (χ1v) is 13.4. The molecule has 1 amide bonds. The molecule has 2 heterocycles. The molecule has 0 saturated carbocycles. The molecule has 0 radical (unpaired) electrons. The lowest BCUT2D eigenvalue weighted by molar-refractivity contribution is -0.134. The summed E-state index contributed by atoms with van der Waals surface area (Å²) in [4.78, 5) is 29.6. The van der Waals surface area contributed by atoms with Crippen molar-refractivity contribution in [1.82, 2.24) is 14.6 Å². The summed E-state index contributed by atoms with van der Waals surface area (Å²) in [7, 11) is -4.02. The summed E-state index contributed by atoms with van der Waals surface area (Å²) in [5.74, 6) is 0.289. The van der Waals surface area contributed by atoms with Crippen LogP contribution in [0.1, 0.15) is 44.7 Å². The van der Waals surface area contributed by atoms with E-state index < -0.39 is 16.1 Å². The second-order valence-corrected chi connectivity index (χ2v) is 10.9. The smallest absolute Gasteiger partial charge is 0.248 e. The zero-order valence-corrected chi connectivity index (χ0v) is 20.8. The fourth-order valence-corrected chi connectivity index (χ4v) is 5.76. The minimum absolute atomic E-state index is 0.0336. The molecule has 0 bridgehead atoms. The van der Waals surface area contributed by atoms with Gasteiger partial charge in [-0.2, -0.15) is 4.72 Å². The first-order chi connectivity index (χ1) is 16.8. The number of rotatable bonds is 7. The van der Waals surface area contributed by atoms with E-state index in [-0.39, 0.29) is 16.4 Å². The number of amides is 1. The van der Waals surface area contributed by atoms with Gasteiger partial charge in [0.25, 0.3) is 0 Å². The van der Waals surface area contributed by atoms with Crippen molar-refractivity contribution in [3.8, 4) is 0 Å². The number of hydrogen-bond acceptors (Lipinski definition) is 4. The molecule has 0 aliphatic carbocycles. The Labute approximate surface area is 205 Å². The van der Waals surface area contributed by atoms with E-state index in [1.165, 1.54) is 23.8 Å². The first-order valence-electron chi connectivity index (χ1n) is 11.9. The summed E-state index contributed by atoms with van der Waals surface area (Å²) in [6.45, 7) is 5.38. The Balaban J connectivity index is 1.57. The van der Waals surface area contributed by atoms with E-state index in [2.05, 4.69) is 22.7 Å². The molecule has 184 valence electrons. The largest absolute Gasteiger partial charge is 0.341 e. The van der Waals surface area contributed by atoms with Gasteiger partial charge in [-0.3, -0.25) is 9.59 Å².